The van der Waals surface area contributed by atoms with Gasteiger partial charge in [0.05, 0.1) is 22.2 Å². The molecule has 1 aromatic carbocycles. The molecule has 2 amide bonds. The molecule has 9 nitrogen and oxygen atoms in total. The van der Waals surface area contributed by atoms with Crippen molar-refractivity contribution in [3.8, 4) is 0 Å². The number of fused-ring (bicyclic) bond motifs is 1. The van der Waals surface area contributed by atoms with Crippen molar-refractivity contribution in [1.82, 2.24) is 19.9 Å². The Balaban J connectivity index is 2.18. The number of nitrogens with one attached hydrogen (secondary N) is 3. The van der Waals surface area contributed by atoms with Gasteiger partial charge in [-0.25, -0.2) is 9.78 Å². The molecule has 0 saturated carbocycles. The number of anilines is 1. The number of aryl methyl sites for hydroxylation is 1. The van der Waals surface area contributed by atoms with Crippen LogP contribution in [0.3, 0.4) is 0 Å². The fraction of sp³-hybridized carbons (Fsp3) is 0.375. The Bertz CT molecular complexity index is 1360. The van der Waals surface area contributed by atoms with Crippen LogP contribution in [0.1, 0.15) is 72.9 Å². The van der Waals surface area contributed by atoms with E-state index in [0.717, 1.165) is 6.42 Å². The third kappa shape index (κ3) is 5.20. The first-order valence-electron chi connectivity index (χ1n) is 11.2. The maximum Gasteiger partial charge on any atom is 0.329 e. The monoisotopic (exact) mass is 485 g/mol. The number of halogens is 1. The molecule has 3 rings (SSSR count). The molecule has 0 saturated heterocycles. The van der Waals surface area contributed by atoms with Gasteiger partial charge in [0, 0.05) is 23.8 Å². The minimum Gasteiger partial charge on any atom is -0.352 e. The Hall–Kier alpha value is -3.46. The van der Waals surface area contributed by atoms with E-state index in [0.29, 0.717) is 30.2 Å². The Morgan fingerprint density at radius 1 is 1.09 bits per heavy atom. The van der Waals surface area contributed by atoms with Crippen molar-refractivity contribution >= 4 is 40.1 Å². The molecule has 180 valence electrons. The molecule has 0 spiro atoms. The first kappa shape index (κ1) is 25.2. The minimum atomic E-state index is -0.702. The number of aromatic amines is 1. The van der Waals surface area contributed by atoms with Gasteiger partial charge in [0.1, 0.15) is 0 Å². The molecule has 2 heterocycles. The highest BCUT2D eigenvalue weighted by molar-refractivity contribution is 6.31. The van der Waals surface area contributed by atoms with Crippen LogP contribution in [-0.4, -0.2) is 32.9 Å². The van der Waals surface area contributed by atoms with Gasteiger partial charge in [-0.1, -0.05) is 39.3 Å². The maximum atomic E-state index is 13.5. The second-order valence-electron chi connectivity index (χ2n) is 8.26. The third-order valence-corrected chi connectivity index (χ3v) is 5.50. The number of pyridine rings is 1. The number of carbonyl (C=O) groups excluding carboxylic acids is 2. The van der Waals surface area contributed by atoms with Crippen LogP contribution in [0.4, 0.5) is 5.69 Å². The Kier molecular flexibility index (Phi) is 7.88. The summed E-state index contributed by atoms with van der Waals surface area (Å²) in [5, 5.41) is 5.84. The molecule has 3 aromatic rings. The second kappa shape index (κ2) is 10.6. The number of amides is 2. The van der Waals surface area contributed by atoms with E-state index in [-0.39, 0.29) is 39.7 Å². The molecule has 0 unspecified atom stereocenters. The van der Waals surface area contributed by atoms with Crippen molar-refractivity contribution in [3.63, 3.8) is 0 Å². The van der Waals surface area contributed by atoms with Gasteiger partial charge >= 0.3 is 5.69 Å². The van der Waals surface area contributed by atoms with Crippen LogP contribution < -0.4 is 21.9 Å². The standard InChI is InChI=1S/C24H28ClN5O4/c1-5-9-26-21(31)15-8-7-14(25)11-18(15)28-22(32)16-12-17(13(3)4)27-20-19(16)23(33)29-24(34)30(20)10-6-2/h7-8,11-13H,5-6,9-10H2,1-4H3,(H,26,31)(H,28,32)(H,29,33,34). The van der Waals surface area contributed by atoms with Gasteiger partial charge in [-0.05, 0) is 43.0 Å². The van der Waals surface area contributed by atoms with Gasteiger partial charge in [-0.2, -0.15) is 0 Å². The lowest BCUT2D eigenvalue weighted by molar-refractivity contribution is 0.0954. The summed E-state index contributed by atoms with van der Waals surface area (Å²) in [7, 11) is 0. The van der Waals surface area contributed by atoms with Gasteiger partial charge in [-0.15, -0.1) is 0 Å². The lowest BCUT2D eigenvalue weighted by Crippen LogP contribution is -2.32. The summed E-state index contributed by atoms with van der Waals surface area (Å²) in [5.74, 6) is -1.04. The van der Waals surface area contributed by atoms with Gasteiger partial charge in [-0.3, -0.25) is 23.9 Å². The van der Waals surface area contributed by atoms with Crippen LogP contribution in [0.5, 0.6) is 0 Å². The van der Waals surface area contributed by atoms with Gasteiger partial charge in [0.25, 0.3) is 17.4 Å². The van der Waals surface area contributed by atoms with Crippen molar-refractivity contribution in [2.45, 2.75) is 53.0 Å². The molecule has 2 aromatic heterocycles. The largest absolute Gasteiger partial charge is 0.352 e. The zero-order chi connectivity index (χ0) is 25.0. The molecule has 0 bridgehead atoms. The summed E-state index contributed by atoms with van der Waals surface area (Å²) < 4.78 is 1.36. The highest BCUT2D eigenvalue weighted by Crippen LogP contribution is 2.24. The molecule has 0 aliphatic carbocycles. The van der Waals surface area contributed by atoms with Gasteiger partial charge in [0.15, 0.2) is 5.65 Å². The number of hydrogen-bond donors (Lipinski definition) is 3. The Morgan fingerprint density at radius 3 is 2.47 bits per heavy atom. The lowest BCUT2D eigenvalue weighted by atomic mass is 10.0. The van der Waals surface area contributed by atoms with E-state index in [1.807, 2.05) is 27.7 Å². The van der Waals surface area contributed by atoms with Crippen LogP contribution in [0.2, 0.25) is 5.02 Å². The zero-order valence-electron chi connectivity index (χ0n) is 19.6. The molecular formula is C24H28ClN5O4. The van der Waals surface area contributed by atoms with E-state index >= 15 is 0 Å². The molecule has 34 heavy (non-hydrogen) atoms. The molecule has 10 heteroatoms. The lowest BCUT2D eigenvalue weighted by Gasteiger charge is -2.16. The predicted octanol–water partition coefficient (Wildman–Crippen LogP) is 3.66. The van der Waals surface area contributed by atoms with E-state index in [1.54, 1.807) is 12.1 Å². The Labute approximate surface area is 201 Å². The Morgan fingerprint density at radius 2 is 1.82 bits per heavy atom. The summed E-state index contributed by atoms with van der Waals surface area (Å²) in [5.41, 5.74) is -0.0692. The molecule has 0 atom stereocenters. The van der Waals surface area contributed by atoms with Gasteiger partial charge in [0.2, 0.25) is 0 Å². The normalized spacial score (nSPS) is 11.1. The maximum absolute atomic E-state index is 13.5. The third-order valence-electron chi connectivity index (χ3n) is 5.26. The fourth-order valence-corrected chi connectivity index (χ4v) is 3.71. The SMILES string of the molecule is CCCNC(=O)c1ccc(Cl)cc1NC(=O)c1cc(C(C)C)nc2c1c(=O)[nH]c(=O)n2CCC. The van der Waals surface area contributed by atoms with E-state index in [9.17, 15) is 19.2 Å². The minimum absolute atomic E-state index is 0.00830. The fourth-order valence-electron chi connectivity index (χ4n) is 3.54. The highest BCUT2D eigenvalue weighted by Gasteiger charge is 2.22. The van der Waals surface area contributed by atoms with Crippen LogP contribution in [0.25, 0.3) is 11.0 Å². The van der Waals surface area contributed by atoms with Crippen LogP contribution in [0.15, 0.2) is 33.9 Å². The average molecular weight is 486 g/mol. The van der Waals surface area contributed by atoms with Crippen molar-refractivity contribution < 1.29 is 9.59 Å². The number of H-pyrrole nitrogens is 1. The molecule has 3 N–H and O–H groups in total. The van der Waals surface area contributed by atoms with Gasteiger partial charge < -0.3 is 10.6 Å². The number of nitrogens with zero attached hydrogens (tertiary/aromatic N) is 2. The summed E-state index contributed by atoms with van der Waals surface area (Å²) in [4.78, 5) is 58.1. The average Bonchev–Trinajstić information content (AvgIpc) is 2.79. The molecular weight excluding hydrogens is 458 g/mol. The molecule has 0 fully saturated rings. The van der Waals surface area contributed by atoms with Crippen molar-refractivity contribution in [1.29, 1.82) is 0 Å². The van der Waals surface area contributed by atoms with E-state index in [4.69, 9.17) is 11.6 Å². The van der Waals surface area contributed by atoms with Crippen LogP contribution >= 0.6 is 11.6 Å². The number of rotatable bonds is 8. The van der Waals surface area contributed by atoms with E-state index in [1.165, 1.54) is 16.7 Å². The van der Waals surface area contributed by atoms with Crippen LogP contribution in [-0.2, 0) is 6.54 Å². The smallest absolute Gasteiger partial charge is 0.329 e. The van der Waals surface area contributed by atoms with E-state index < -0.39 is 17.2 Å². The number of benzene rings is 1. The van der Waals surface area contributed by atoms with Crippen molar-refractivity contribution in [2.24, 2.45) is 0 Å². The quantitative estimate of drug-likeness (QED) is 0.449. The predicted molar refractivity (Wildman–Crippen MR) is 133 cm³/mol. The molecule has 0 radical (unpaired) electrons. The first-order chi connectivity index (χ1) is 16.2. The summed E-state index contributed by atoms with van der Waals surface area (Å²) in [6.07, 6.45) is 1.39. The summed E-state index contributed by atoms with van der Waals surface area (Å²) in [6.45, 7) is 8.44. The number of hydrogen-bond acceptors (Lipinski definition) is 5. The van der Waals surface area contributed by atoms with Crippen LogP contribution in [0, 0.1) is 0 Å². The second-order valence-corrected chi connectivity index (χ2v) is 8.70. The molecule has 0 aliphatic heterocycles. The van der Waals surface area contributed by atoms with Crippen molar-refractivity contribution in [3.05, 3.63) is 66.9 Å². The summed E-state index contributed by atoms with van der Waals surface area (Å²) >= 11 is 6.13. The highest BCUT2D eigenvalue weighted by atomic mass is 35.5. The zero-order valence-corrected chi connectivity index (χ0v) is 20.4. The van der Waals surface area contributed by atoms with E-state index in [2.05, 4.69) is 20.6 Å². The number of carbonyl (C=O) groups is 2. The van der Waals surface area contributed by atoms with Crippen molar-refractivity contribution in [2.75, 3.05) is 11.9 Å². The topological polar surface area (TPSA) is 126 Å². The number of aromatic nitrogens is 3. The first-order valence-corrected chi connectivity index (χ1v) is 11.6. The summed E-state index contributed by atoms with van der Waals surface area (Å²) in [6, 6.07) is 6.10. The molecule has 0 aliphatic rings.